The van der Waals surface area contributed by atoms with Gasteiger partial charge in [-0.3, -0.25) is 0 Å². The first-order chi connectivity index (χ1) is 10.9. The van der Waals surface area contributed by atoms with Crippen LogP contribution in [0.2, 0.25) is 0 Å². The molecule has 0 aliphatic carbocycles. The van der Waals surface area contributed by atoms with E-state index in [-0.39, 0.29) is 5.29 Å². The number of methoxy groups -OCH3 is 1. The molecular weight excluding hydrogens is 340 g/mol. The van der Waals surface area contributed by atoms with Crippen LogP contribution in [-0.4, -0.2) is 39.9 Å². The van der Waals surface area contributed by atoms with Crippen molar-refractivity contribution in [2.45, 2.75) is 26.3 Å². The second-order valence-electron chi connectivity index (χ2n) is 4.46. The number of aromatic nitrogens is 2. The van der Waals surface area contributed by atoms with Gasteiger partial charge >= 0.3 is 5.97 Å². The molecule has 8 nitrogen and oxygen atoms in total. The van der Waals surface area contributed by atoms with Crippen LogP contribution in [0.3, 0.4) is 0 Å². The van der Waals surface area contributed by atoms with E-state index in [0.717, 1.165) is 0 Å². The minimum Gasteiger partial charge on any atom is -0.467 e. The van der Waals surface area contributed by atoms with Crippen LogP contribution in [0.25, 0.3) is 0 Å². The number of rotatable bonds is 6. The highest BCUT2D eigenvalue weighted by atomic mass is 35.5. The summed E-state index contributed by atoms with van der Waals surface area (Å²) in [6, 6.07) is 1.07. The van der Waals surface area contributed by atoms with E-state index in [2.05, 4.69) is 27.9 Å². The van der Waals surface area contributed by atoms with Crippen LogP contribution in [0.5, 0.6) is 0 Å². The lowest BCUT2D eigenvalue weighted by Crippen LogP contribution is -2.41. The van der Waals surface area contributed by atoms with Crippen LogP contribution < -0.4 is 10.6 Å². The Morgan fingerprint density at radius 2 is 2.39 bits per heavy atom. The van der Waals surface area contributed by atoms with Crippen LogP contribution in [0.1, 0.15) is 20.3 Å². The number of aliphatic imine (C=N–C) groups is 2. The number of nitrogens with zero attached hydrogens (tertiary/aromatic N) is 5. The molecule has 1 rings (SSSR count). The first-order valence-corrected chi connectivity index (χ1v) is 7.47. The SMILES string of the molecule is CCC(C(=O)OC)N(/C=N/C(Cl)=N\C=C(/C)N)c1ccn(S)n1. The van der Waals surface area contributed by atoms with E-state index in [9.17, 15) is 4.79 Å². The molecule has 0 amide bonds. The van der Waals surface area contributed by atoms with Crippen LogP contribution in [0.4, 0.5) is 5.82 Å². The third-order valence-electron chi connectivity index (χ3n) is 2.69. The average Bonchev–Trinajstić information content (AvgIpc) is 2.94. The number of amidine groups is 1. The molecule has 0 fully saturated rings. The maximum absolute atomic E-state index is 12.0. The highest BCUT2D eigenvalue weighted by Gasteiger charge is 2.26. The zero-order chi connectivity index (χ0) is 17.4. The monoisotopic (exact) mass is 358 g/mol. The van der Waals surface area contributed by atoms with Crippen LogP contribution in [-0.2, 0) is 9.53 Å². The smallest absolute Gasteiger partial charge is 0.328 e. The van der Waals surface area contributed by atoms with Gasteiger partial charge in [-0.2, -0.15) is 0 Å². The van der Waals surface area contributed by atoms with Crippen molar-refractivity contribution in [1.82, 2.24) is 9.19 Å². The van der Waals surface area contributed by atoms with Crippen LogP contribution in [0, 0.1) is 0 Å². The molecule has 0 saturated heterocycles. The van der Waals surface area contributed by atoms with E-state index in [1.165, 1.54) is 28.6 Å². The third-order valence-corrected chi connectivity index (χ3v) is 3.10. The van der Waals surface area contributed by atoms with Crippen molar-refractivity contribution in [2.24, 2.45) is 15.7 Å². The van der Waals surface area contributed by atoms with Crippen molar-refractivity contribution in [3.63, 3.8) is 0 Å². The summed E-state index contributed by atoms with van der Waals surface area (Å²) in [5, 5.41) is 4.10. The highest BCUT2D eigenvalue weighted by molar-refractivity contribution is 7.78. The average molecular weight is 359 g/mol. The second kappa shape index (κ2) is 9.21. The normalized spacial score (nSPS) is 14.1. The van der Waals surface area contributed by atoms with Crippen molar-refractivity contribution < 1.29 is 9.53 Å². The molecule has 0 aromatic carbocycles. The van der Waals surface area contributed by atoms with Crippen molar-refractivity contribution in [3.05, 3.63) is 24.2 Å². The van der Waals surface area contributed by atoms with Crippen molar-refractivity contribution in [2.75, 3.05) is 12.0 Å². The van der Waals surface area contributed by atoms with Crippen LogP contribution in [0.15, 0.2) is 34.1 Å². The summed E-state index contributed by atoms with van der Waals surface area (Å²) in [6.07, 6.45) is 4.85. The first kappa shape index (κ1) is 19.0. The van der Waals surface area contributed by atoms with Gasteiger partial charge in [-0.25, -0.2) is 18.9 Å². The summed E-state index contributed by atoms with van der Waals surface area (Å²) in [5.41, 5.74) is 5.96. The summed E-state index contributed by atoms with van der Waals surface area (Å²) < 4.78 is 6.13. The Labute approximate surface area is 145 Å². The fraction of sp³-hybridized carbons (Fsp3) is 0.385. The zero-order valence-corrected chi connectivity index (χ0v) is 14.7. The summed E-state index contributed by atoms with van der Waals surface area (Å²) in [5.74, 6) is 0.0504. The van der Waals surface area contributed by atoms with E-state index in [1.54, 1.807) is 19.2 Å². The number of halogens is 1. The standard InChI is InChI=1S/C13H19ClN6O2S/c1-4-10(12(21)22-3)19(11-5-6-20(23)18-11)8-17-13(14)16-7-9(2)15/h5-8,10,23H,4,15H2,1-3H3/b9-7+,16-13-,17-8+. The highest BCUT2D eigenvalue weighted by Crippen LogP contribution is 2.16. The van der Waals surface area contributed by atoms with Crippen molar-refractivity contribution in [3.8, 4) is 0 Å². The molecule has 0 aliphatic heterocycles. The molecule has 1 aromatic rings. The topological polar surface area (TPSA) is 98.1 Å². The Morgan fingerprint density at radius 1 is 1.70 bits per heavy atom. The number of carbonyl (C=O) groups excluding carboxylic acids is 1. The molecule has 2 N–H and O–H groups in total. The number of esters is 1. The van der Waals surface area contributed by atoms with Gasteiger partial charge in [0.15, 0.2) is 5.82 Å². The fourth-order valence-corrected chi connectivity index (χ4v) is 1.90. The number of ether oxygens (including phenoxy) is 1. The van der Waals surface area contributed by atoms with Crippen LogP contribution >= 0.6 is 24.4 Å². The Balaban J connectivity index is 3.12. The minimum absolute atomic E-state index is 0.0372. The third kappa shape index (κ3) is 5.95. The van der Waals surface area contributed by atoms with Gasteiger partial charge in [-0.1, -0.05) is 6.92 Å². The van der Waals surface area contributed by atoms with Crippen molar-refractivity contribution in [1.29, 1.82) is 0 Å². The fourth-order valence-electron chi connectivity index (χ4n) is 1.65. The van der Waals surface area contributed by atoms with E-state index in [0.29, 0.717) is 17.9 Å². The first-order valence-electron chi connectivity index (χ1n) is 6.69. The van der Waals surface area contributed by atoms with E-state index in [4.69, 9.17) is 22.1 Å². The van der Waals surface area contributed by atoms with Gasteiger partial charge in [0.25, 0.3) is 0 Å². The Hall–Kier alpha value is -2.00. The van der Waals surface area contributed by atoms with Gasteiger partial charge in [0.05, 0.1) is 7.11 Å². The number of thiol groups is 1. The molecule has 1 atom stereocenters. The van der Waals surface area contributed by atoms with Gasteiger partial charge in [0.2, 0.25) is 5.29 Å². The number of nitrogens with two attached hydrogens (primary N) is 1. The van der Waals surface area contributed by atoms with E-state index < -0.39 is 12.0 Å². The van der Waals surface area contributed by atoms with Crippen molar-refractivity contribution >= 4 is 47.8 Å². The van der Waals surface area contributed by atoms with Gasteiger partial charge in [-0.15, -0.1) is 5.10 Å². The number of allylic oxidation sites excluding steroid dienone is 1. The zero-order valence-electron chi connectivity index (χ0n) is 13.0. The molecule has 1 aromatic heterocycles. The maximum atomic E-state index is 12.0. The predicted octanol–water partition coefficient (Wildman–Crippen LogP) is 1.78. The lowest BCUT2D eigenvalue weighted by atomic mass is 10.2. The molecule has 0 spiro atoms. The number of hydrogen-bond donors (Lipinski definition) is 2. The minimum atomic E-state index is -0.608. The lowest BCUT2D eigenvalue weighted by Gasteiger charge is -2.24. The molecule has 23 heavy (non-hydrogen) atoms. The Kier molecular flexibility index (Phi) is 7.63. The molecular formula is C13H19ClN6O2S. The molecule has 0 radical (unpaired) electrons. The second-order valence-corrected chi connectivity index (χ2v) is 5.21. The van der Waals surface area contributed by atoms with E-state index >= 15 is 0 Å². The van der Waals surface area contributed by atoms with Gasteiger partial charge in [0.1, 0.15) is 12.4 Å². The van der Waals surface area contributed by atoms with Gasteiger partial charge in [0, 0.05) is 24.2 Å². The lowest BCUT2D eigenvalue weighted by molar-refractivity contribution is -0.142. The molecule has 0 aliphatic rings. The molecule has 1 heterocycles. The van der Waals surface area contributed by atoms with Gasteiger partial charge < -0.3 is 15.4 Å². The number of anilines is 1. The largest absolute Gasteiger partial charge is 0.467 e. The van der Waals surface area contributed by atoms with E-state index in [1.807, 2.05) is 6.92 Å². The summed E-state index contributed by atoms with van der Waals surface area (Å²) >= 11 is 9.98. The molecule has 0 saturated carbocycles. The molecule has 1 unspecified atom stereocenters. The summed E-state index contributed by atoms with van der Waals surface area (Å²) in [4.78, 5) is 21.4. The number of hydrogen-bond acceptors (Lipinski definition) is 6. The predicted molar refractivity (Wildman–Crippen MR) is 94.9 cm³/mol. The maximum Gasteiger partial charge on any atom is 0.328 e. The van der Waals surface area contributed by atoms with Gasteiger partial charge in [-0.05, 0) is 37.8 Å². The molecule has 0 bridgehead atoms. The summed E-state index contributed by atoms with van der Waals surface area (Å²) in [7, 11) is 1.32. The Morgan fingerprint density at radius 3 is 2.87 bits per heavy atom. The molecule has 126 valence electrons. The number of carbonyl (C=O) groups is 1. The molecule has 10 heteroatoms. The Bertz CT molecular complexity index is 624. The quantitative estimate of drug-likeness (QED) is 0.265. The summed E-state index contributed by atoms with van der Waals surface area (Å²) in [6.45, 7) is 3.52.